The molecule has 1 aromatic carbocycles. The van der Waals surface area contributed by atoms with Crippen molar-refractivity contribution in [2.75, 3.05) is 11.9 Å². The first-order valence-corrected chi connectivity index (χ1v) is 8.29. The molecule has 2 aromatic rings. The zero-order valence-electron chi connectivity index (χ0n) is 14.5. The fraction of sp³-hybridized carbons (Fsp3) is 0.176. The first-order valence-electron chi connectivity index (χ1n) is 7.91. The number of nitrogens with zero attached hydrogens (tertiary/aromatic N) is 2. The minimum Gasteiger partial charge on any atom is -0.451 e. The lowest BCUT2D eigenvalue weighted by atomic mass is 10.2. The van der Waals surface area contributed by atoms with Crippen LogP contribution in [-0.2, 0) is 14.3 Å². The van der Waals surface area contributed by atoms with Crippen molar-refractivity contribution in [3.05, 3.63) is 63.4 Å². The van der Waals surface area contributed by atoms with Gasteiger partial charge in [-0.1, -0.05) is 23.7 Å². The number of rotatable bonds is 7. The summed E-state index contributed by atoms with van der Waals surface area (Å²) in [5.74, 6) is -2.28. The molecule has 0 aliphatic rings. The quantitative estimate of drug-likeness (QED) is 0.406. The molecule has 146 valence electrons. The number of carbonyl (C=O) groups is 3. The summed E-state index contributed by atoms with van der Waals surface area (Å²) in [6, 6.07) is 8.36. The van der Waals surface area contributed by atoms with Gasteiger partial charge in [0.1, 0.15) is 17.9 Å². The van der Waals surface area contributed by atoms with Crippen LogP contribution in [-0.4, -0.2) is 40.3 Å². The number of nitro groups is 1. The predicted octanol–water partition coefficient (Wildman–Crippen LogP) is 1.94. The smallest absolute Gasteiger partial charge is 0.326 e. The molecule has 0 spiro atoms. The van der Waals surface area contributed by atoms with Crippen molar-refractivity contribution in [3.63, 3.8) is 0 Å². The molecule has 28 heavy (non-hydrogen) atoms. The largest absolute Gasteiger partial charge is 0.451 e. The number of anilines is 1. The normalized spacial score (nSPS) is 11.2. The zero-order chi connectivity index (χ0) is 20.7. The molecule has 0 radical (unpaired) electrons. The van der Waals surface area contributed by atoms with Crippen molar-refractivity contribution < 1.29 is 24.0 Å². The number of hydrogen-bond donors (Lipinski definition) is 2. The van der Waals surface area contributed by atoms with Gasteiger partial charge in [0.15, 0.2) is 6.10 Å². The maximum atomic E-state index is 12.1. The van der Waals surface area contributed by atoms with E-state index in [0.717, 1.165) is 0 Å². The Bertz CT molecular complexity index is 920. The van der Waals surface area contributed by atoms with Crippen molar-refractivity contribution in [1.29, 1.82) is 0 Å². The Morgan fingerprint density at radius 2 is 2.00 bits per heavy atom. The van der Waals surface area contributed by atoms with Crippen LogP contribution in [0.3, 0.4) is 0 Å². The first-order chi connectivity index (χ1) is 13.3. The van der Waals surface area contributed by atoms with E-state index >= 15 is 0 Å². The molecule has 0 saturated carbocycles. The average Bonchev–Trinajstić information content (AvgIpc) is 2.66. The maximum absolute atomic E-state index is 12.1. The number of pyridine rings is 1. The third-order valence-electron chi connectivity index (χ3n) is 3.38. The van der Waals surface area contributed by atoms with Gasteiger partial charge >= 0.3 is 5.97 Å². The van der Waals surface area contributed by atoms with Gasteiger partial charge in [-0.3, -0.25) is 29.5 Å². The van der Waals surface area contributed by atoms with E-state index in [-0.39, 0.29) is 17.1 Å². The lowest BCUT2D eigenvalue weighted by Gasteiger charge is -2.14. The molecule has 11 heteroatoms. The molecule has 0 fully saturated rings. The summed E-state index contributed by atoms with van der Waals surface area (Å²) >= 11 is 5.75. The van der Waals surface area contributed by atoms with E-state index < -0.39 is 35.4 Å². The van der Waals surface area contributed by atoms with Crippen molar-refractivity contribution in [2.24, 2.45) is 0 Å². The summed E-state index contributed by atoms with van der Waals surface area (Å²) in [5.41, 5.74) is -0.307. The Morgan fingerprint density at radius 1 is 1.29 bits per heavy atom. The molecule has 0 unspecified atom stereocenters. The standard InChI is InChI=1S/C17H15ClN4O6/c1-10(16(24)21-12-4-2-3-5-14(12)22(26)27)28-15(23)9-20-17(25)13-8-11(18)6-7-19-13/h2-8,10H,9H2,1H3,(H,20,25)(H,21,24)/t10-/m1/s1. The van der Waals surface area contributed by atoms with Crippen LogP contribution in [0.1, 0.15) is 17.4 Å². The van der Waals surface area contributed by atoms with E-state index in [0.29, 0.717) is 5.02 Å². The third-order valence-corrected chi connectivity index (χ3v) is 3.62. The van der Waals surface area contributed by atoms with Crippen molar-refractivity contribution >= 4 is 40.8 Å². The summed E-state index contributed by atoms with van der Waals surface area (Å²) in [4.78, 5) is 49.9. The molecule has 0 bridgehead atoms. The number of nitro benzene ring substituents is 1. The van der Waals surface area contributed by atoms with Crippen LogP contribution in [0.25, 0.3) is 0 Å². The van der Waals surface area contributed by atoms with Gasteiger partial charge < -0.3 is 15.4 Å². The molecule has 10 nitrogen and oxygen atoms in total. The van der Waals surface area contributed by atoms with Gasteiger partial charge in [-0.15, -0.1) is 0 Å². The van der Waals surface area contributed by atoms with Crippen molar-refractivity contribution in [2.45, 2.75) is 13.0 Å². The van der Waals surface area contributed by atoms with Gasteiger partial charge in [0.25, 0.3) is 17.5 Å². The summed E-state index contributed by atoms with van der Waals surface area (Å²) in [5, 5.41) is 15.9. The number of halogens is 1. The topological polar surface area (TPSA) is 141 Å². The highest BCUT2D eigenvalue weighted by Crippen LogP contribution is 2.23. The molecule has 2 N–H and O–H groups in total. The summed E-state index contributed by atoms with van der Waals surface area (Å²) < 4.78 is 4.91. The number of amides is 2. The van der Waals surface area contributed by atoms with Gasteiger partial charge in [-0.05, 0) is 25.1 Å². The highest BCUT2D eigenvalue weighted by Gasteiger charge is 2.22. The Morgan fingerprint density at radius 3 is 2.68 bits per heavy atom. The van der Waals surface area contributed by atoms with Crippen LogP contribution >= 0.6 is 11.6 Å². The van der Waals surface area contributed by atoms with Gasteiger partial charge in [0.05, 0.1) is 4.92 Å². The minimum atomic E-state index is -1.24. The van der Waals surface area contributed by atoms with Gasteiger partial charge in [0, 0.05) is 17.3 Å². The second-order valence-corrected chi connectivity index (χ2v) is 5.87. The summed E-state index contributed by atoms with van der Waals surface area (Å²) in [7, 11) is 0. The van der Waals surface area contributed by atoms with Gasteiger partial charge in [-0.25, -0.2) is 0 Å². The number of aromatic nitrogens is 1. The van der Waals surface area contributed by atoms with Crippen LogP contribution in [0.15, 0.2) is 42.6 Å². The molecule has 1 atom stereocenters. The predicted molar refractivity (Wildman–Crippen MR) is 98.9 cm³/mol. The number of hydrogen-bond acceptors (Lipinski definition) is 7. The highest BCUT2D eigenvalue weighted by molar-refractivity contribution is 6.30. The monoisotopic (exact) mass is 406 g/mol. The Kier molecular flexibility index (Phi) is 6.99. The number of carbonyl (C=O) groups excluding carboxylic acids is 3. The van der Waals surface area contributed by atoms with Crippen LogP contribution in [0.2, 0.25) is 5.02 Å². The van der Waals surface area contributed by atoms with E-state index in [4.69, 9.17) is 16.3 Å². The molecule has 0 saturated heterocycles. The lowest BCUT2D eigenvalue weighted by molar-refractivity contribution is -0.383. The molecule has 2 amide bonds. The van der Waals surface area contributed by atoms with Crippen molar-refractivity contribution in [1.82, 2.24) is 10.3 Å². The van der Waals surface area contributed by atoms with Crippen LogP contribution in [0, 0.1) is 10.1 Å². The average molecular weight is 407 g/mol. The Balaban J connectivity index is 1.87. The molecular formula is C17H15ClN4O6. The van der Waals surface area contributed by atoms with E-state index in [9.17, 15) is 24.5 Å². The van der Waals surface area contributed by atoms with Crippen LogP contribution in [0.5, 0.6) is 0 Å². The minimum absolute atomic E-state index is 0.0162. The molecule has 2 rings (SSSR count). The number of esters is 1. The highest BCUT2D eigenvalue weighted by atomic mass is 35.5. The number of benzene rings is 1. The Labute approximate surface area is 164 Å². The first kappa shape index (κ1) is 20.8. The lowest BCUT2D eigenvalue weighted by Crippen LogP contribution is -2.36. The van der Waals surface area contributed by atoms with E-state index in [1.54, 1.807) is 0 Å². The zero-order valence-corrected chi connectivity index (χ0v) is 15.3. The number of para-hydroxylation sites is 2. The second kappa shape index (κ2) is 9.42. The maximum Gasteiger partial charge on any atom is 0.326 e. The molecular weight excluding hydrogens is 392 g/mol. The molecule has 0 aliphatic carbocycles. The number of ether oxygens (including phenoxy) is 1. The van der Waals surface area contributed by atoms with E-state index in [1.807, 2.05) is 0 Å². The second-order valence-electron chi connectivity index (χ2n) is 5.44. The Hall–Kier alpha value is -3.53. The van der Waals surface area contributed by atoms with Gasteiger partial charge in [-0.2, -0.15) is 0 Å². The molecule has 0 aliphatic heterocycles. The van der Waals surface area contributed by atoms with Crippen LogP contribution in [0.4, 0.5) is 11.4 Å². The number of nitrogens with one attached hydrogen (secondary N) is 2. The SMILES string of the molecule is C[C@@H](OC(=O)CNC(=O)c1cc(Cl)ccn1)C(=O)Nc1ccccc1[N+](=O)[O-]. The van der Waals surface area contributed by atoms with E-state index in [1.165, 1.54) is 49.5 Å². The fourth-order valence-electron chi connectivity index (χ4n) is 2.04. The third kappa shape index (κ3) is 5.74. The summed E-state index contributed by atoms with van der Waals surface area (Å²) in [6.45, 7) is 0.790. The van der Waals surface area contributed by atoms with Crippen LogP contribution < -0.4 is 10.6 Å². The molecule has 1 heterocycles. The molecule has 1 aromatic heterocycles. The van der Waals surface area contributed by atoms with Gasteiger partial charge in [0.2, 0.25) is 0 Å². The fourth-order valence-corrected chi connectivity index (χ4v) is 2.20. The van der Waals surface area contributed by atoms with Crippen molar-refractivity contribution in [3.8, 4) is 0 Å². The van der Waals surface area contributed by atoms with E-state index in [2.05, 4.69) is 15.6 Å². The summed E-state index contributed by atoms with van der Waals surface area (Å²) in [6.07, 6.45) is 0.0959.